The summed E-state index contributed by atoms with van der Waals surface area (Å²) in [5.41, 5.74) is 1.33. The number of carbonyl (C=O) groups excluding carboxylic acids is 2. The van der Waals surface area contributed by atoms with E-state index in [1.807, 2.05) is 12.1 Å². The van der Waals surface area contributed by atoms with Gasteiger partial charge in [-0.3, -0.25) is 9.78 Å². The Morgan fingerprint density at radius 1 is 1.21 bits per heavy atom. The molecule has 1 amide bonds. The summed E-state index contributed by atoms with van der Waals surface area (Å²) < 4.78 is 10.1. The van der Waals surface area contributed by atoms with Crippen LogP contribution in [-0.4, -0.2) is 35.1 Å². The molecule has 0 aliphatic heterocycles. The summed E-state index contributed by atoms with van der Waals surface area (Å²) >= 11 is 0. The van der Waals surface area contributed by atoms with Crippen molar-refractivity contribution in [2.45, 2.75) is 6.54 Å². The number of nitrogens with one attached hydrogen (secondary N) is 1. The van der Waals surface area contributed by atoms with Gasteiger partial charge < -0.3 is 14.8 Å². The van der Waals surface area contributed by atoms with E-state index in [4.69, 9.17) is 9.47 Å². The van der Waals surface area contributed by atoms with Crippen molar-refractivity contribution in [3.63, 3.8) is 0 Å². The summed E-state index contributed by atoms with van der Waals surface area (Å²) in [4.78, 5) is 30.9. The van der Waals surface area contributed by atoms with Crippen LogP contribution >= 0.6 is 0 Å². The molecule has 0 aliphatic carbocycles. The Balaban J connectivity index is 1.77. The van der Waals surface area contributed by atoms with Gasteiger partial charge in [-0.25, -0.2) is 9.78 Å². The van der Waals surface area contributed by atoms with E-state index in [1.54, 1.807) is 24.5 Å². The van der Waals surface area contributed by atoms with Gasteiger partial charge in [-0.2, -0.15) is 0 Å². The topological polar surface area (TPSA) is 90.4 Å². The molecule has 24 heavy (non-hydrogen) atoms. The van der Waals surface area contributed by atoms with Crippen molar-refractivity contribution in [2.24, 2.45) is 0 Å². The standard InChI is InChI=1S/C17H17N3O4/c1-2-16(21)24-9-8-23-15-6-5-14(12-19-15)17(22)20-11-13-4-3-7-18-10-13/h2-7,10,12H,1,8-9,11H2,(H,20,22). The molecule has 0 aromatic carbocycles. The zero-order chi connectivity index (χ0) is 17.2. The van der Waals surface area contributed by atoms with Gasteiger partial charge in [0.05, 0.1) is 5.56 Å². The minimum absolute atomic E-state index is 0.0971. The van der Waals surface area contributed by atoms with Gasteiger partial charge in [-0.1, -0.05) is 12.6 Å². The first kappa shape index (κ1) is 17.1. The van der Waals surface area contributed by atoms with Gasteiger partial charge in [-0.05, 0) is 17.7 Å². The van der Waals surface area contributed by atoms with Crippen LogP contribution in [0, 0.1) is 0 Å². The average Bonchev–Trinajstić information content (AvgIpc) is 2.64. The van der Waals surface area contributed by atoms with Gasteiger partial charge in [0.15, 0.2) is 0 Å². The number of hydrogen-bond acceptors (Lipinski definition) is 6. The van der Waals surface area contributed by atoms with E-state index in [-0.39, 0.29) is 19.1 Å². The van der Waals surface area contributed by atoms with Crippen LogP contribution in [-0.2, 0) is 16.1 Å². The van der Waals surface area contributed by atoms with Crippen LogP contribution in [0.4, 0.5) is 0 Å². The van der Waals surface area contributed by atoms with Crippen LogP contribution in [0.2, 0.25) is 0 Å². The molecule has 0 spiro atoms. The lowest BCUT2D eigenvalue weighted by Gasteiger charge is -2.07. The number of ether oxygens (including phenoxy) is 2. The summed E-state index contributed by atoms with van der Waals surface area (Å²) in [7, 11) is 0. The van der Waals surface area contributed by atoms with Crippen molar-refractivity contribution in [2.75, 3.05) is 13.2 Å². The van der Waals surface area contributed by atoms with Crippen LogP contribution in [0.5, 0.6) is 5.88 Å². The number of esters is 1. The van der Waals surface area contributed by atoms with E-state index in [0.717, 1.165) is 11.6 Å². The Hall–Kier alpha value is -3.22. The van der Waals surface area contributed by atoms with E-state index in [0.29, 0.717) is 18.0 Å². The van der Waals surface area contributed by atoms with Crippen LogP contribution in [0.1, 0.15) is 15.9 Å². The third-order valence-electron chi connectivity index (χ3n) is 2.92. The summed E-state index contributed by atoms with van der Waals surface area (Å²) in [5, 5.41) is 2.78. The number of nitrogens with zero attached hydrogens (tertiary/aromatic N) is 2. The molecule has 7 heteroatoms. The van der Waals surface area contributed by atoms with Crippen molar-refractivity contribution >= 4 is 11.9 Å². The van der Waals surface area contributed by atoms with E-state index in [1.165, 1.54) is 6.20 Å². The van der Waals surface area contributed by atoms with Gasteiger partial charge in [0.25, 0.3) is 5.91 Å². The van der Waals surface area contributed by atoms with Gasteiger partial charge in [0.2, 0.25) is 5.88 Å². The van der Waals surface area contributed by atoms with Gasteiger partial charge in [-0.15, -0.1) is 0 Å². The van der Waals surface area contributed by atoms with Gasteiger partial charge >= 0.3 is 5.97 Å². The van der Waals surface area contributed by atoms with Crippen molar-refractivity contribution in [3.05, 3.63) is 66.6 Å². The largest absolute Gasteiger partial charge is 0.474 e. The molecule has 0 unspecified atom stereocenters. The van der Waals surface area contributed by atoms with Crippen LogP contribution in [0.3, 0.4) is 0 Å². The lowest BCUT2D eigenvalue weighted by molar-refractivity contribution is -0.138. The van der Waals surface area contributed by atoms with Gasteiger partial charge in [0, 0.05) is 37.3 Å². The molecule has 0 aliphatic rings. The summed E-state index contributed by atoms with van der Waals surface area (Å²) in [6, 6.07) is 6.87. The fourth-order valence-corrected chi connectivity index (χ4v) is 1.73. The molecular weight excluding hydrogens is 310 g/mol. The average molecular weight is 327 g/mol. The molecule has 2 aromatic rings. The monoisotopic (exact) mass is 327 g/mol. The Labute approximate surface area is 139 Å². The minimum atomic E-state index is -0.507. The molecule has 0 radical (unpaired) electrons. The number of aromatic nitrogens is 2. The van der Waals surface area contributed by atoms with Crippen molar-refractivity contribution in [1.82, 2.24) is 15.3 Å². The zero-order valence-electron chi connectivity index (χ0n) is 13.0. The van der Waals surface area contributed by atoms with Gasteiger partial charge in [0.1, 0.15) is 13.2 Å². The maximum absolute atomic E-state index is 12.0. The number of hydrogen-bond donors (Lipinski definition) is 1. The summed E-state index contributed by atoms with van der Waals surface area (Å²) in [6.07, 6.45) is 5.86. The fraction of sp³-hybridized carbons (Fsp3) is 0.176. The molecule has 0 fully saturated rings. The maximum atomic E-state index is 12.0. The molecule has 2 aromatic heterocycles. The van der Waals surface area contributed by atoms with Crippen molar-refractivity contribution in [3.8, 4) is 5.88 Å². The molecule has 0 saturated heterocycles. The quantitative estimate of drug-likeness (QED) is 0.449. The number of amides is 1. The molecule has 2 rings (SSSR count). The second kappa shape index (κ2) is 9.04. The summed E-state index contributed by atoms with van der Waals surface area (Å²) in [6.45, 7) is 3.94. The highest BCUT2D eigenvalue weighted by Gasteiger charge is 2.06. The first-order chi connectivity index (χ1) is 11.7. The predicted molar refractivity (Wildman–Crippen MR) is 86.3 cm³/mol. The molecule has 7 nitrogen and oxygen atoms in total. The Morgan fingerprint density at radius 2 is 2.08 bits per heavy atom. The molecule has 2 heterocycles. The van der Waals surface area contributed by atoms with Crippen molar-refractivity contribution in [1.29, 1.82) is 0 Å². The van der Waals surface area contributed by atoms with E-state index in [2.05, 4.69) is 21.9 Å². The molecule has 0 saturated carbocycles. The third kappa shape index (κ3) is 5.53. The number of rotatable bonds is 8. The number of pyridine rings is 2. The highest BCUT2D eigenvalue weighted by atomic mass is 16.6. The molecule has 0 bridgehead atoms. The smallest absolute Gasteiger partial charge is 0.330 e. The van der Waals surface area contributed by atoms with E-state index < -0.39 is 5.97 Å². The Kier molecular flexibility index (Phi) is 6.46. The van der Waals surface area contributed by atoms with Crippen LogP contribution in [0.25, 0.3) is 0 Å². The molecule has 1 N–H and O–H groups in total. The van der Waals surface area contributed by atoms with Crippen molar-refractivity contribution < 1.29 is 19.1 Å². The van der Waals surface area contributed by atoms with E-state index >= 15 is 0 Å². The highest BCUT2D eigenvalue weighted by molar-refractivity contribution is 5.93. The van der Waals surface area contributed by atoms with E-state index in [9.17, 15) is 9.59 Å². The Bertz CT molecular complexity index is 687. The fourth-order valence-electron chi connectivity index (χ4n) is 1.73. The third-order valence-corrected chi connectivity index (χ3v) is 2.92. The first-order valence-corrected chi connectivity index (χ1v) is 7.24. The minimum Gasteiger partial charge on any atom is -0.474 e. The molecule has 124 valence electrons. The second-order valence-electron chi connectivity index (χ2n) is 4.65. The Morgan fingerprint density at radius 3 is 2.75 bits per heavy atom. The molecule has 0 atom stereocenters. The SMILES string of the molecule is C=CC(=O)OCCOc1ccc(C(=O)NCc2cccnc2)cn1. The second-order valence-corrected chi connectivity index (χ2v) is 4.65. The molecular formula is C17H17N3O4. The summed E-state index contributed by atoms with van der Waals surface area (Å²) in [5.74, 6) is -0.404. The zero-order valence-corrected chi connectivity index (χ0v) is 13.0. The predicted octanol–water partition coefficient (Wildman–Crippen LogP) is 1.51. The number of carbonyl (C=O) groups is 2. The van der Waals surface area contributed by atoms with Crippen LogP contribution < -0.4 is 10.1 Å². The lowest BCUT2D eigenvalue weighted by atomic mass is 10.2. The lowest BCUT2D eigenvalue weighted by Crippen LogP contribution is -2.23. The first-order valence-electron chi connectivity index (χ1n) is 7.24. The van der Waals surface area contributed by atoms with Crippen LogP contribution in [0.15, 0.2) is 55.5 Å². The maximum Gasteiger partial charge on any atom is 0.330 e. The normalized spacial score (nSPS) is 9.83. The highest BCUT2D eigenvalue weighted by Crippen LogP contribution is 2.08.